The molecule has 0 atom stereocenters. The molecule has 4 heteroatoms. The van der Waals surface area contributed by atoms with Crippen molar-refractivity contribution < 1.29 is 14.4 Å². The first kappa shape index (κ1) is 11.0. The molecule has 0 fully saturated rings. The Morgan fingerprint density at radius 1 is 1.33 bits per heavy atom. The predicted molar refractivity (Wildman–Crippen MR) is 64.8 cm³/mol. The highest BCUT2D eigenvalue weighted by Crippen LogP contribution is 2.35. The highest BCUT2D eigenvalue weighted by molar-refractivity contribution is 5.90. The zero-order valence-electron chi connectivity index (χ0n) is 10.0. The Morgan fingerprint density at radius 2 is 1.94 bits per heavy atom. The molecule has 0 bridgehead atoms. The fourth-order valence-electron chi connectivity index (χ4n) is 2.68. The van der Waals surface area contributed by atoms with Crippen molar-refractivity contribution in [2.24, 2.45) is 0 Å². The van der Waals surface area contributed by atoms with Crippen molar-refractivity contribution in [3.63, 3.8) is 0 Å². The van der Waals surface area contributed by atoms with Gasteiger partial charge in [-0.3, -0.25) is 0 Å². The fraction of sp³-hybridized carbons (Fsp3) is 0.286. The lowest BCUT2D eigenvalue weighted by Gasteiger charge is -2.05. The van der Waals surface area contributed by atoms with Crippen molar-refractivity contribution in [3.05, 3.63) is 52.4 Å². The van der Waals surface area contributed by atoms with Crippen LogP contribution < -0.4 is 0 Å². The Morgan fingerprint density at radius 3 is 2.50 bits per heavy atom. The molecule has 0 spiro atoms. The van der Waals surface area contributed by atoms with E-state index in [9.17, 15) is 9.90 Å². The topological polar surface area (TPSA) is 63.3 Å². The van der Waals surface area contributed by atoms with Crippen molar-refractivity contribution in [2.45, 2.75) is 25.7 Å². The van der Waals surface area contributed by atoms with Crippen molar-refractivity contribution in [2.75, 3.05) is 0 Å². The standard InChI is InChI=1S/C14H13NO3/c1-8-12(14(16)17)13(15-18-8)11-6-9-4-2-3-5-10(9)7-11/h2-5,11H,6-7H2,1H3,(H,16,17). The Bertz CT molecular complexity index is 590. The molecule has 0 radical (unpaired) electrons. The van der Waals surface area contributed by atoms with Crippen LogP contribution in [0.15, 0.2) is 28.8 Å². The summed E-state index contributed by atoms with van der Waals surface area (Å²) in [5, 5.41) is 13.2. The molecular formula is C14H13NO3. The van der Waals surface area contributed by atoms with Crippen LogP contribution in [-0.4, -0.2) is 16.2 Å². The normalized spacial score (nSPS) is 14.7. The SMILES string of the molecule is Cc1onc(C2Cc3ccccc3C2)c1C(=O)O. The van der Waals surface area contributed by atoms with Crippen LogP contribution in [0.25, 0.3) is 0 Å². The van der Waals surface area contributed by atoms with Crippen LogP contribution in [0.1, 0.15) is 38.9 Å². The molecule has 1 heterocycles. The molecule has 3 rings (SSSR count). The van der Waals surface area contributed by atoms with Crippen molar-refractivity contribution in [3.8, 4) is 0 Å². The van der Waals surface area contributed by atoms with E-state index in [0.717, 1.165) is 12.8 Å². The van der Waals surface area contributed by atoms with Crippen LogP contribution in [0.4, 0.5) is 0 Å². The molecule has 1 aliphatic rings. The van der Waals surface area contributed by atoms with Crippen molar-refractivity contribution in [1.29, 1.82) is 0 Å². The summed E-state index contributed by atoms with van der Waals surface area (Å²) in [6, 6.07) is 8.19. The highest BCUT2D eigenvalue weighted by atomic mass is 16.5. The number of aromatic carboxylic acids is 1. The molecule has 0 saturated heterocycles. The van der Waals surface area contributed by atoms with E-state index in [1.807, 2.05) is 12.1 Å². The second-order valence-corrected chi connectivity index (χ2v) is 4.68. The number of aromatic nitrogens is 1. The minimum atomic E-state index is -0.959. The lowest BCUT2D eigenvalue weighted by atomic mass is 9.98. The minimum absolute atomic E-state index is 0.117. The molecule has 4 nitrogen and oxygen atoms in total. The van der Waals surface area contributed by atoms with Crippen LogP contribution >= 0.6 is 0 Å². The molecule has 18 heavy (non-hydrogen) atoms. The number of carboxylic acids is 1. The third-order valence-electron chi connectivity index (χ3n) is 3.54. The number of hydrogen-bond donors (Lipinski definition) is 1. The maximum Gasteiger partial charge on any atom is 0.341 e. The van der Waals surface area contributed by atoms with Crippen LogP contribution in [-0.2, 0) is 12.8 Å². The summed E-state index contributed by atoms with van der Waals surface area (Å²) in [5.74, 6) is -0.459. The summed E-state index contributed by atoms with van der Waals surface area (Å²) in [7, 11) is 0. The van der Waals surface area contributed by atoms with Gasteiger partial charge in [0.15, 0.2) is 0 Å². The Balaban J connectivity index is 1.98. The molecule has 0 amide bonds. The van der Waals surface area contributed by atoms with E-state index in [2.05, 4.69) is 17.3 Å². The fourth-order valence-corrected chi connectivity index (χ4v) is 2.68. The Hall–Kier alpha value is -2.10. The van der Waals surface area contributed by atoms with Gasteiger partial charge in [0.05, 0.1) is 0 Å². The van der Waals surface area contributed by atoms with Gasteiger partial charge in [0, 0.05) is 5.92 Å². The third-order valence-corrected chi connectivity index (χ3v) is 3.54. The number of carboxylic acid groups (broad SMARTS) is 1. The molecular weight excluding hydrogens is 230 g/mol. The van der Waals surface area contributed by atoms with Crippen LogP contribution in [0.3, 0.4) is 0 Å². The minimum Gasteiger partial charge on any atom is -0.477 e. The molecule has 1 N–H and O–H groups in total. The predicted octanol–water partition coefficient (Wildman–Crippen LogP) is 2.56. The summed E-state index contributed by atoms with van der Waals surface area (Å²) >= 11 is 0. The van der Waals surface area contributed by atoms with Crippen LogP contribution in [0.2, 0.25) is 0 Å². The van der Waals surface area contributed by atoms with Crippen molar-refractivity contribution in [1.82, 2.24) is 5.16 Å². The summed E-state index contributed by atoms with van der Waals surface area (Å²) in [6.45, 7) is 1.64. The average Bonchev–Trinajstić information content (AvgIpc) is 2.91. The van der Waals surface area contributed by atoms with Gasteiger partial charge >= 0.3 is 5.97 Å². The second kappa shape index (κ2) is 3.98. The van der Waals surface area contributed by atoms with Gasteiger partial charge in [-0.2, -0.15) is 0 Å². The van der Waals surface area contributed by atoms with E-state index in [4.69, 9.17) is 4.52 Å². The molecule has 1 aliphatic carbocycles. The Labute approximate surface area is 104 Å². The summed E-state index contributed by atoms with van der Waals surface area (Å²) in [6.07, 6.45) is 1.67. The maximum atomic E-state index is 11.2. The number of rotatable bonds is 2. The number of benzene rings is 1. The summed E-state index contributed by atoms with van der Waals surface area (Å²) in [4.78, 5) is 11.2. The quantitative estimate of drug-likeness (QED) is 0.880. The van der Waals surface area contributed by atoms with Gasteiger partial charge in [0.25, 0.3) is 0 Å². The second-order valence-electron chi connectivity index (χ2n) is 4.68. The van der Waals surface area contributed by atoms with Gasteiger partial charge in [-0.15, -0.1) is 0 Å². The summed E-state index contributed by atoms with van der Waals surface area (Å²) < 4.78 is 5.04. The van der Waals surface area contributed by atoms with Gasteiger partial charge in [-0.05, 0) is 30.9 Å². The number of hydrogen-bond acceptors (Lipinski definition) is 3. The van der Waals surface area contributed by atoms with Gasteiger partial charge < -0.3 is 9.63 Å². The zero-order chi connectivity index (χ0) is 12.7. The first-order chi connectivity index (χ1) is 8.66. The van der Waals surface area contributed by atoms with Crippen LogP contribution in [0.5, 0.6) is 0 Å². The number of nitrogens with zero attached hydrogens (tertiary/aromatic N) is 1. The lowest BCUT2D eigenvalue weighted by Crippen LogP contribution is -2.07. The molecule has 0 aliphatic heterocycles. The van der Waals surface area contributed by atoms with Gasteiger partial charge in [-0.1, -0.05) is 29.4 Å². The zero-order valence-corrected chi connectivity index (χ0v) is 10.0. The maximum absolute atomic E-state index is 11.2. The van der Waals surface area contributed by atoms with Gasteiger partial charge in [-0.25, -0.2) is 4.79 Å². The highest BCUT2D eigenvalue weighted by Gasteiger charge is 2.30. The third kappa shape index (κ3) is 1.61. The first-order valence-corrected chi connectivity index (χ1v) is 5.93. The van der Waals surface area contributed by atoms with E-state index >= 15 is 0 Å². The summed E-state index contributed by atoms with van der Waals surface area (Å²) in [5.41, 5.74) is 3.36. The average molecular weight is 243 g/mol. The molecule has 0 unspecified atom stereocenters. The molecule has 1 aromatic heterocycles. The van der Waals surface area contributed by atoms with E-state index in [0.29, 0.717) is 11.5 Å². The van der Waals surface area contributed by atoms with E-state index < -0.39 is 5.97 Å². The van der Waals surface area contributed by atoms with E-state index in [1.54, 1.807) is 6.92 Å². The lowest BCUT2D eigenvalue weighted by molar-refractivity contribution is 0.0693. The monoisotopic (exact) mass is 243 g/mol. The largest absolute Gasteiger partial charge is 0.477 e. The number of carbonyl (C=O) groups is 1. The van der Waals surface area contributed by atoms with E-state index in [1.165, 1.54) is 11.1 Å². The molecule has 0 saturated carbocycles. The number of fused-ring (bicyclic) bond motifs is 1. The number of aryl methyl sites for hydroxylation is 1. The molecule has 92 valence electrons. The molecule has 2 aromatic rings. The van der Waals surface area contributed by atoms with E-state index in [-0.39, 0.29) is 11.5 Å². The Kier molecular flexibility index (Phi) is 2.44. The molecule has 1 aromatic carbocycles. The van der Waals surface area contributed by atoms with Crippen molar-refractivity contribution >= 4 is 5.97 Å². The smallest absolute Gasteiger partial charge is 0.341 e. The first-order valence-electron chi connectivity index (χ1n) is 5.93. The van der Waals surface area contributed by atoms with Gasteiger partial charge in [0.2, 0.25) is 0 Å². The van der Waals surface area contributed by atoms with Crippen LogP contribution in [0, 0.1) is 6.92 Å². The van der Waals surface area contributed by atoms with Gasteiger partial charge in [0.1, 0.15) is 17.0 Å².